The van der Waals surface area contributed by atoms with Gasteiger partial charge in [-0.3, -0.25) is 0 Å². The summed E-state index contributed by atoms with van der Waals surface area (Å²) < 4.78 is 0. The van der Waals surface area contributed by atoms with E-state index in [1.807, 2.05) is 0 Å². The van der Waals surface area contributed by atoms with Crippen molar-refractivity contribution >= 4 is 12.6 Å². The molecule has 1 heterocycles. The Morgan fingerprint density at radius 2 is 2.23 bits per heavy atom. The molecular weight excluding hydrogens is 182 g/mol. The van der Waals surface area contributed by atoms with Crippen molar-refractivity contribution in [2.75, 3.05) is 25.4 Å². The Morgan fingerprint density at radius 3 is 2.77 bits per heavy atom. The van der Waals surface area contributed by atoms with Crippen LogP contribution in [0.4, 0.5) is 0 Å². The summed E-state index contributed by atoms with van der Waals surface area (Å²) in [5, 5.41) is 9.57. The predicted octanol–water partition coefficient (Wildman–Crippen LogP) is 1.25. The minimum atomic E-state index is -0.115. The van der Waals surface area contributed by atoms with Gasteiger partial charge in [0.25, 0.3) is 0 Å². The van der Waals surface area contributed by atoms with E-state index in [4.69, 9.17) is 0 Å². The van der Waals surface area contributed by atoms with Crippen molar-refractivity contribution in [3.63, 3.8) is 0 Å². The lowest BCUT2D eigenvalue weighted by atomic mass is 9.97. The van der Waals surface area contributed by atoms with Crippen LogP contribution in [0.1, 0.15) is 20.3 Å². The molecule has 13 heavy (non-hydrogen) atoms. The Kier molecular flexibility index (Phi) is 4.56. The fourth-order valence-electron chi connectivity index (χ4n) is 2.07. The van der Waals surface area contributed by atoms with Crippen LogP contribution in [0.3, 0.4) is 0 Å². The quantitative estimate of drug-likeness (QED) is 0.675. The minimum Gasteiger partial charge on any atom is -0.392 e. The van der Waals surface area contributed by atoms with E-state index < -0.39 is 0 Å². The van der Waals surface area contributed by atoms with Crippen molar-refractivity contribution < 1.29 is 5.11 Å². The minimum absolute atomic E-state index is 0.115. The molecule has 0 radical (unpaired) electrons. The molecule has 0 aromatic carbocycles. The van der Waals surface area contributed by atoms with Gasteiger partial charge in [0.2, 0.25) is 0 Å². The van der Waals surface area contributed by atoms with Crippen LogP contribution >= 0.6 is 12.6 Å². The zero-order valence-corrected chi connectivity index (χ0v) is 9.50. The number of thiol groups is 1. The zero-order valence-electron chi connectivity index (χ0n) is 8.61. The summed E-state index contributed by atoms with van der Waals surface area (Å²) in [6.45, 7) is 7.47. The highest BCUT2D eigenvalue weighted by Crippen LogP contribution is 2.17. The Morgan fingerprint density at radius 1 is 1.54 bits per heavy atom. The second-order valence-corrected chi connectivity index (χ2v) is 4.87. The fourth-order valence-corrected chi connectivity index (χ4v) is 2.19. The third kappa shape index (κ3) is 3.88. The lowest BCUT2D eigenvalue weighted by Crippen LogP contribution is -2.44. The van der Waals surface area contributed by atoms with Crippen molar-refractivity contribution in [1.82, 2.24) is 4.90 Å². The normalized spacial score (nSPS) is 33.2. The molecule has 0 bridgehead atoms. The molecule has 0 aliphatic carbocycles. The summed E-state index contributed by atoms with van der Waals surface area (Å²) in [5.74, 6) is 2.19. The Bertz CT molecular complexity index is 144. The molecule has 3 atom stereocenters. The van der Waals surface area contributed by atoms with Gasteiger partial charge in [-0.05, 0) is 24.0 Å². The molecule has 1 aliphatic rings. The molecular formula is C10H21NOS. The molecule has 1 rings (SSSR count). The first kappa shape index (κ1) is 11.3. The highest BCUT2D eigenvalue weighted by atomic mass is 32.1. The van der Waals surface area contributed by atoms with Gasteiger partial charge in [-0.15, -0.1) is 0 Å². The molecule has 1 unspecified atom stereocenters. The summed E-state index contributed by atoms with van der Waals surface area (Å²) in [4.78, 5) is 2.36. The first-order valence-corrected chi connectivity index (χ1v) is 5.76. The molecule has 1 aliphatic heterocycles. The topological polar surface area (TPSA) is 23.5 Å². The highest BCUT2D eigenvalue weighted by molar-refractivity contribution is 7.80. The van der Waals surface area contributed by atoms with Crippen molar-refractivity contribution in [3.8, 4) is 0 Å². The first-order valence-electron chi connectivity index (χ1n) is 5.13. The molecule has 0 amide bonds. The van der Waals surface area contributed by atoms with E-state index in [1.165, 1.54) is 0 Å². The molecule has 1 saturated heterocycles. The third-order valence-corrected chi connectivity index (χ3v) is 3.22. The molecule has 78 valence electrons. The number of hydrogen-bond acceptors (Lipinski definition) is 3. The van der Waals surface area contributed by atoms with Gasteiger partial charge in [0.1, 0.15) is 0 Å². The van der Waals surface area contributed by atoms with Crippen LogP contribution in [-0.4, -0.2) is 41.5 Å². The molecule has 0 aromatic heterocycles. The van der Waals surface area contributed by atoms with Gasteiger partial charge in [0.15, 0.2) is 0 Å². The SMILES string of the molecule is CC(CS)CN1C[C@@H](C)C[C@@H](O)C1. The number of aliphatic hydroxyl groups excluding tert-OH is 1. The van der Waals surface area contributed by atoms with Gasteiger partial charge < -0.3 is 10.0 Å². The van der Waals surface area contributed by atoms with Crippen molar-refractivity contribution in [3.05, 3.63) is 0 Å². The lowest BCUT2D eigenvalue weighted by molar-refractivity contribution is 0.0396. The molecule has 3 heteroatoms. The van der Waals surface area contributed by atoms with Gasteiger partial charge in [0, 0.05) is 19.6 Å². The van der Waals surface area contributed by atoms with Gasteiger partial charge in [-0.2, -0.15) is 12.6 Å². The molecule has 0 aromatic rings. The van der Waals surface area contributed by atoms with Crippen LogP contribution in [0.2, 0.25) is 0 Å². The number of nitrogens with zero attached hydrogens (tertiary/aromatic N) is 1. The van der Waals surface area contributed by atoms with Gasteiger partial charge in [-0.25, -0.2) is 0 Å². The predicted molar refractivity (Wildman–Crippen MR) is 59.2 cm³/mol. The number of β-amino-alcohol motifs (C(OH)–C–C–N with tert-alkyl or cyclic N) is 1. The number of likely N-dealkylation sites (tertiary alicyclic amines) is 1. The zero-order chi connectivity index (χ0) is 9.84. The average molecular weight is 203 g/mol. The van der Waals surface area contributed by atoms with Crippen LogP contribution in [-0.2, 0) is 0 Å². The standard InChI is InChI=1S/C10H21NOS/c1-8-3-10(12)6-11(4-8)5-9(2)7-13/h8-10,12-13H,3-7H2,1-2H3/t8-,9?,10+/m0/s1. The Labute approximate surface area is 86.7 Å². The van der Waals surface area contributed by atoms with Crippen LogP contribution in [0, 0.1) is 11.8 Å². The van der Waals surface area contributed by atoms with E-state index in [1.54, 1.807) is 0 Å². The smallest absolute Gasteiger partial charge is 0.0670 e. The summed E-state index contributed by atoms with van der Waals surface area (Å²) in [7, 11) is 0. The molecule has 2 nitrogen and oxygen atoms in total. The summed E-state index contributed by atoms with van der Waals surface area (Å²) in [5.41, 5.74) is 0. The van der Waals surface area contributed by atoms with Gasteiger partial charge in [0.05, 0.1) is 6.10 Å². The molecule has 1 fully saturated rings. The van der Waals surface area contributed by atoms with E-state index in [0.29, 0.717) is 11.8 Å². The van der Waals surface area contributed by atoms with E-state index in [2.05, 4.69) is 31.4 Å². The van der Waals surface area contributed by atoms with Crippen molar-refractivity contribution in [2.24, 2.45) is 11.8 Å². The van der Waals surface area contributed by atoms with E-state index in [0.717, 1.165) is 31.8 Å². The van der Waals surface area contributed by atoms with Crippen LogP contribution in [0.5, 0.6) is 0 Å². The van der Waals surface area contributed by atoms with Crippen molar-refractivity contribution in [1.29, 1.82) is 0 Å². The fraction of sp³-hybridized carbons (Fsp3) is 1.00. The van der Waals surface area contributed by atoms with Crippen LogP contribution in [0.25, 0.3) is 0 Å². The van der Waals surface area contributed by atoms with Crippen LogP contribution in [0.15, 0.2) is 0 Å². The Balaban J connectivity index is 2.32. The average Bonchev–Trinajstić information content (AvgIpc) is 2.02. The first-order chi connectivity index (χ1) is 6.11. The van der Waals surface area contributed by atoms with E-state index in [9.17, 15) is 5.11 Å². The summed E-state index contributed by atoms with van der Waals surface area (Å²) in [6.07, 6.45) is 0.849. The monoisotopic (exact) mass is 203 g/mol. The van der Waals surface area contributed by atoms with Crippen LogP contribution < -0.4 is 0 Å². The lowest BCUT2D eigenvalue weighted by Gasteiger charge is -2.35. The number of piperidine rings is 1. The maximum absolute atomic E-state index is 9.57. The maximum atomic E-state index is 9.57. The number of hydrogen-bond donors (Lipinski definition) is 2. The van der Waals surface area contributed by atoms with Gasteiger partial charge >= 0.3 is 0 Å². The molecule has 0 spiro atoms. The number of rotatable bonds is 3. The summed E-state index contributed by atoms with van der Waals surface area (Å²) >= 11 is 4.27. The second kappa shape index (κ2) is 5.23. The van der Waals surface area contributed by atoms with Crippen molar-refractivity contribution in [2.45, 2.75) is 26.4 Å². The largest absolute Gasteiger partial charge is 0.392 e. The van der Waals surface area contributed by atoms with Gasteiger partial charge in [-0.1, -0.05) is 13.8 Å². The van der Waals surface area contributed by atoms with E-state index in [-0.39, 0.29) is 6.10 Å². The Hall–Kier alpha value is 0.270. The molecule has 0 saturated carbocycles. The number of aliphatic hydroxyl groups is 1. The van der Waals surface area contributed by atoms with E-state index >= 15 is 0 Å². The summed E-state index contributed by atoms with van der Waals surface area (Å²) in [6, 6.07) is 0. The highest BCUT2D eigenvalue weighted by Gasteiger charge is 2.23. The second-order valence-electron chi connectivity index (χ2n) is 4.50. The third-order valence-electron chi connectivity index (χ3n) is 2.59. The maximum Gasteiger partial charge on any atom is 0.0670 e. The molecule has 1 N–H and O–H groups in total.